The van der Waals surface area contributed by atoms with Crippen LogP contribution >= 0.6 is 0 Å². The van der Waals surface area contributed by atoms with E-state index in [1.54, 1.807) is 6.33 Å². The Kier molecular flexibility index (Phi) is 3.64. The maximum absolute atomic E-state index is 4.59. The zero-order chi connectivity index (χ0) is 16.6. The molecule has 2 aliphatic heterocycles. The SMILES string of the molecule is c1nc(N2CCCC(c3nnc4n3CCCCC4)C2)c2cc[nH]c2n1. The minimum atomic E-state index is 0.428. The van der Waals surface area contributed by atoms with E-state index in [0.717, 1.165) is 49.3 Å². The van der Waals surface area contributed by atoms with E-state index in [4.69, 9.17) is 0 Å². The van der Waals surface area contributed by atoms with Gasteiger partial charge in [-0.05, 0) is 31.7 Å². The summed E-state index contributed by atoms with van der Waals surface area (Å²) in [4.78, 5) is 14.5. The molecule has 25 heavy (non-hydrogen) atoms. The van der Waals surface area contributed by atoms with Crippen LogP contribution in [-0.2, 0) is 13.0 Å². The van der Waals surface area contributed by atoms with Crippen molar-refractivity contribution >= 4 is 16.9 Å². The third kappa shape index (κ3) is 2.58. The van der Waals surface area contributed by atoms with E-state index in [2.05, 4.69) is 40.7 Å². The van der Waals surface area contributed by atoms with Crippen molar-refractivity contribution in [1.29, 1.82) is 0 Å². The molecule has 5 heterocycles. The van der Waals surface area contributed by atoms with Crippen LogP contribution in [0, 0.1) is 0 Å². The molecule has 3 aromatic heterocycles. The number of fused-ring (bicyclic) bond motifs is 2. The fraction of sp³-hybridized carbons (Fsp3) is 0.556. The molecule has 0 bridgehead atoms. The lowest BCUT2D eigenvalue weighted by Crippen LogP contribution is -2.36. The van der Waals surface area contributed by atoms with E-state index >= 15 is 0 Å². The van der Waals surface area contributed by atoms with Crippen molar-refractivity contribution in [2.24, 2.45) is 0 Å². The molecule has 3 aromatic rings. The van der Waals surface area contributed by atoms with Gasteiger partial charge in [-0.25, -0.2) is 9.97 Å². The van der Waals surface area contributed by atoms with Gasteiger partial charge < -0.3 is 14.5 Å². The fourth-order valence-electron chi connectivity index (χ4n) is 4.30. The van der Waals surface area contributed by atoms with E-state index in [9.17, 15) is 0 Å². The normalized spacial score (nSPS) is 21.3. The van der Waals surface area contributed by atoms with Crippen molar-refractivity contribution in [3.8, 4) is 0 Å². The maximum Gasteiger partial charge on any atom is 0.142 e. The van der Waals surface area contributed by atoms with Crippen LogP contribution in [0.3, 0.4) is 0 Å². The smallest absolute Gasteiger partial charge is 0.142 e. The lowest BCUT2D eigenvalue weighted by Gasteiger charge is -2.33. The van der Waals surface area contributed by atoms with Crippen LogP contribution in [0.15, 0.2) is 18.6 Å². The van der Waals surface area contributed by atoms with Crippen molar-refractivity contribution in [2.45, 2.75) is 51.0 Å². The van der Waals surface area contributed by atoms with E-state index in [-0.39, 0.29) is 0 Å². The Bertz CT molecular complexity index is 881. The Hall–Kier alpha value is -2.44. The van der Waals surface area contributed by atoms with Crippen LogP contribution in [0.4, 0.5) is 5.82 Å². The highest BCUT2D eigenvalue weighted by atomic mass is 15.3. The molecule has 0 aliphatic carbocycles. The maximum atomic E-state index is 4.59. The van der Waals surface area contributed by atoms with Crippen molar-refractivity contribution in [3.63, 3.8) is 0 Å². The Morgan fingerprint density at radius 3 is 3.04 bits per heavy atom. The molecule has 1 atom stereocenters. The van der Waals surface area contributed by atoms with E-state index < -0.39 is 0 Å². The lowest BCUT2D eigenvalue weighted by atomic mass is 9.97. The van der Waals surface area contributed by atoms with Crippen molar-refractivity contribution < 1.29 is 0 Å². The molecule has 1 saturated heterocycles. The highest BCUT2D eigenvalue weighted by Gasteiger charge is 2.28. The van der Waals surface area contributed by atoms with E-state index in [1.807, 2.05) is 6.20 Å². The summed E-state index contributed by atoms with van der Waals surface area (Å²) in [6.07, 6.45) is 10.8. The van der Waals surface area contributed by atoms with E-state index in [0.29, 0.717) is 5.92 Å². The second kappa shape index (κ2) is 6.13. The van der Waals surface area contributed by atoms with Crippen LogP contribution in [0.5, 0.6) is 0 Å². The van der Waals surface area contributed by atoms with Gasteiger partial charge in [0.15, 0.2) is 0 Å². The van der Waals surface area contributed by atoms with Gasteiger partial charge in [0.2, 0.25) is 0 Å². The number of H-pyrrole nitrogens is 1. The number of nitrogens with one attached hydrogen (secondary N) is 1. The second-order valence-electron chi connectivity index (χ2n) is 7.16. The number of hydrogen-bond donors (Lipinski definition) is 1. The Morgan fingerprint density at radius 2 is 2.04 bits per heavy atom. The van der Waals surface area contributed by atoms with Gasteiger partial charge >= 0.3 is 0 Å². The summed E-state index contributed by atoms with van der Waals surface area (Å²) in [5, 5.41) is 10.2. The second-order valence-corrected chi connectivity index (χ2v) is 7.16. The summed E-state index contributed by atoms with van der Waals surface area (Å²) in [5.41, 5.74) is 0.906. The summed E-state index contributed by atoms with van der Waals surface area (Å²) >= 11 is 0. The molecule has 0 amide bonds. The highest BCUT2D eigenvalue weighted by molar-refractivity contribution is 5.87. The number of rotatable bonds is 2. The molecule has 0 radical (unpaired) electrons. The van der Waals surface area contributed by atoms with Gasteiger partial charge in [-0.15, -0.1) is 10.2 Å². The monoisotopic (exact) mass is 337 g/mol. The highest BCUT2D eigenvalue weighted by Crippen LogP contribution is 2.32. The number of piperidine rings is 1. The van der Waals surface area contributed by atoms with Gasteiger partial charge in [-0.3, -0.25) is 0 Å². The third-order valence-corrected chi connectivity index (χ3v) is 5.56. The Labute approximate surface area is 146 Å². The Morgan fingerprint density at radius 1 is 1.04 bits per heavy atom. The van der Waals surface area contributed by atoms with Crippen LogP contribution in [0.2, 0.25) is 0 Å². The van der Waals surface area contributed by atoms with Gasteiger partial charge in [0, 0.05) is 38.2 Å². The molecule has 1 fully saturated rings. The van der Waals surface area contributed by atoms with Crippen LogP contribution in [0.1, 0.15) is 49.7 Å². The molecule has 0 spiro atoms. The molecule has 0 saturated carbocycles. The number of hydrogen-bond acceptors (Lipinski definition) is 5. The molecule has 7 heteroatoms. The van der Waals surface area contributed by atoms with Gasteiger partial charge in [0.1, 0.15) is 29.4 Å². The topological polar surface area (TPSA) is 75.5 Å². The van der Waals surface area contributed by atoms with Crippen molar-refractivity contribution in [1.82, 2.24) is 29.7 Å². The summed E-state index contributed by atoms with van der Waals surface area (Å²) in [5.74, 6) is 3.82. The summed E-state index contributed by atoms with van der Waals surface area (Å²) < 4.78 is 2.40. The lowest BCUT2D eigenvalue weighted by molar-refractivity contribution is 0.464. The third-order valence-electron chi connectivity index (χ3n) is 5.56. The Balaban J connectivity index is 1.45. The molecule has 0 aromatic carbocycles. The predicted octanol–water partition coefficient (Wildman–Crippen LogP) is 2.66. The first-order chi connectivity index (χ1) is 12.4. The predicted molar refractivity (Wildman–Crippen MR) is 95.7 cm³/mol. The summed E-state index contributed by atoms with van der Waals surface area (Å²) in [6.45, 7) is 3.06. The molecule has 1 unspecified atom stereocenters. The first-order valence-corrected chi connectivity index (χ1v) is 9.35. The first-order valence-electron chi connectivity index (χ1n) is 9.35. The van der Waals surface area contributed by atoms with Gasteiger partial charge in [-0.1, -0.05) is 6.42 Å². The zero-order valence-corrected chi connectivity index (χ0v) is 14.4. The molecular weight excluding hydrogens is 314 g/mol. The summed E-state index contributed by atoms with van der Waals surface area (Å²) in [6, 6.07) is 2.07. The molecule has 130 valence electrons. The number of aromatic amines is 1. The van der Waals surface area contributed by atoms with Gasteiger partial charge in [0.25, 0.3) is 0 Å². The van der Waals surface area contributed by atoms with Gasteiger partial charge in [0.05, 0.1) is 5.39 Å². The zero-order valence-electron chi connectivity index (χ0n) is 14.4. The van der Waals surface area contributed by atoms with E-state index in [1.165, 1.54) is 37.3 Å². The molecule has 7 nitrogen and oxygen atoms in total. The first kappa shape index (κ1) is 14.9. The largest absolute Gasteiger partial charge is 0.355 e. The minimum Gasteiger partial charge on any atom is -0.355 e. The summed E-state index contributed by atoms with van der Waals surface area (Å²) in [7, 11) is 0. The van der Waals surface area contributed by atoms with Crippen LogP contribution in [-0.4, -0.2) is 42.8 Å². The van der Waals surface area contributed by atoms with Crippen LogP contribution in [0.25, 0.3) is 11.0 Å². The molecular formula is C18H23N7. The number of aromatic nitrogens is 6. The molecule has 1 N–H and O–H groups in total. The average molecular weight is 337 g/mol. The molecule has 2 aliphatic rings. The number of anilines is 1. The molecule has 5 rings (SSSR count). The minimum absolute atomic E-state index is 0.428. The van der Waals surface area contributed by atoms with Crippen LogP contribution < -0.4 is 4.90 Å². The fourth-order valence-corrected chi connectivity index (χ4v) is 4.30. The van der Waals surface area contributed by atoms with Gasteiger partial charge in [-0.2, -0.15) is 0 Å². The van der Waals surface area contributed by atoms with Crippen molar-refractivity contribution in [3.05, 3.63) is 30.2 Å². The quantitative estimate of drug-likeness (QED) is 0.778. The number of nitrogens with zero attached hydrogens (tertiary/aromatic N) is 6. The number of aryl methyl sites for hydroxylation is 1. The standard InChI is InChI=1S/C18H23N7/c1-2-6-15-22-23-17(25(15)10-3-1)13-5-4-9-24(11-13)18-14-7-8-19-16(14)20-12-21-18/h7-8,12-13H,1-6,9-11H2,(H,19,20,21). The van der Waals surface area contributed by atoms with Crippen molar-refractivity contribution in [2.75, 3.05) is 18.0 Å². The average Bonchev–Trinajstić information content (AvgIpc) is 3.23.